The molecule has 1 aliphatic heterocycles. The van der Waals surface area contributed by atoms with Crippen LogP contribution < -0.4 is 5.32 Å². The lowest BCUT2D eigenvalue weighted by atomic mass is 9.85. The van der Waals surface area contributed by atoms with Gasteiger partial charge in [0, 0.05) is 17.8 Å². The lowest BCUT2D eigenvalue weighted by Gasteiger charge is -2.26. The highest BCUT2D eigenvalue weighted by molar-refractivity contribution is 5.76. The molecule has 0 aromatic heterocycles. The summed E-state index contributed by atoms with van der Waals surface area (Å²) in [4.78, 5) is 21.3. The largest absolute Gasteiger partial charge is 0.481 e. The van der Waals surface area contributed by atoms with Gasteiger partial charge in [-0.2, -0.15) is 0 Å². The number of nitrogens with zero attached hydrogens (tertiary/aromatic N) is 1. The number of ether oxygens (including phenoxy) is 1. The number of non-ortho nitro benzene ring substituents is 1. The molecule has 102 valence electrons. The van der Waals surface area contributed by atoms with E-state index in [9.17, 15) is 20.0 Å². The Bertz CT molecular complexity index is 501. The molecule has 2 rings (SSSR count). The topological polar surface area (TPSA) is 102 Å². The van der Waals surface area contributed by atoms with E-state index in [0.717, 1.165) is 0 Å². The Kier molecular flexibility index (Phi) is 3.39. The van der Waals surface area contributed by atoms with Gasteiger partial charge in [-0.3, -0.25) is 14.9 Å². The number of nitro groups is 1. The summed E-state index contributed by atoms with van der Waals surface area (Å²) in [5, 5.41) is 22.8. The Labute approximate surface area is 109 Å². The molecule has 1 aromatic carbocycles. The highest BCUT2D eigenvalue weighted by Gasteiger charge is 2.46. The number of anilines is 1. The molecule has 7 heteroatoms. The van der Waals surface area contributed by atoms with Crippen LogP contribution in [0.15, 0.2) is 24.3 Å². The van der Waals surface area contributed by atoms with E-state index < -0.39 is 16.3 Å². The molecule has 2 N–H and O–H groups in total. The molecule has 1 fully saturated rings. The fourth-order valence-electron chi connectivity index (χ4n) is 1.97. The molecule has 0 amide bonds. The number of aliphatic carboxylic acids is 1. The van der Waals surface area contributed by atoms with Crippen LogP contribution in [0.4, 0.5) is 11.4 Å². The Balaban J connectivity index is 2.12. The van der Waals surface area contributed by atoms with Crippen LogP contribution in [0.3, 0.4) is 0 Å². The minimum absolute atomic E-state index is 0.00535. The molecular weight excluding hydrogens is 252 g/mol. The van der Waals surface area contributed by atoms with Crippen molar-refractivity contribution in [2.24, 2.45) is 5.41 Å². The third-order valence-corrected chi connectivity index (χ3v) is 3.36. The smallest absolute Gasteiger partial charge is 0.313 e. The molecular formula is C12H14N2O5. The number of nitro benzene ring substituents is 1. The third-order valence-electron chi connectivity index (χ3n) is 3.36. The van der Waals surface area contributed by atoms with Gasteiger partial charge in [-0.05, 0) is 19.1 Å². The van der Waals surface area contributed by atoms with E-state index in [0.29, 0.717) is 12.3 Å². The van der Waals surface area contributed by atoms with Gasteiger partial charge < -0.3 is 15.2 Å². The second-order valence-electron chi connectivity index (χ2n) is 4.74. The van der Waals surface area contributed by atoms with Gasteiger partial charge in [-0.15, -0.1) is 0 Å². The first-order chi connectivity index (χ1) is 8.93. The molecule has 1 heterocycles. The van der Waals surface area contributed by atoms with E-state index in [-0.39, 0.29) is 18.3 Å². The first-order valence-corrected chi connectivity index (χ1v) is 5.75. The summed E-state index contributed by atoms with van der Waals surface area (Å²) >= 11 is 0. The van der Waals surface area contributed by atoms with Crippen molar-refractivity contribution in [2.45, 2.75) is 13.0 Å². The van der Waals surface area contributed by atoms with Crippen molar-refractivity contribution in [1.29, 1.82) is 0 Å². The molecule has 0 aliphatic carbocycles. The highest BCUT2D eigenvalue weighted by Crippen LogP contribution is 2.31. The minimum atomic E-state index is -0.998. The standard InChI is InChI=1S/C12H14N2O5/c1-12(11(15)16)7-19-6-10(12)13-8-2-4-9(5-3-8)14(17)18/h2-5,10,13H,6-7H2,1H3,(H,15,16). The Morgan fingerprint density at radius 3 is 2.68 bits per heavy atom. The van der Waals surface area contributed by atoms with E-state index >= 15 is 0 Å². The summed E-state index contributed by atoms with van der Waals surface area (Å²) in [6.45, 7) is 2.05. The molecule has 0 radical (unpaired) electrons. The molecule has 0 bridgehead atoms. The van der Waals surface area contributed by atoms with Crippen molar-refractivity contribution >= 4 is 17.3 Å². The number of rotatable bonds is 4. The summed E-state index contributed by atoms with van der Waals surface area (Å²) in [5.74, 6) is -0.926. The zero-order valence-corrected chi connectivity index (χ0v) is 10.3. The Morgan fingerprint density at radius 1 is 1.53 bits per heavy atom. The summed E-state index contributed by atoms with van der Waals surface area (Å²) in [6.07, 6.45) is 0. The summed E-state index contributed by atoms with van der Waals surface area (Å²) in [5.41, 5.74) is -0.371. The number of hydrogen-bond acceptors (Lipinski definition) is 5. The average Bonchev–Trinajstić information content (AvgIpc) is 2.73. The van der Waals surface area contributed by atoms with Gasteiger partial charge in [0.2, 0.25) is 0 Å². The van der Waals surface area contributed by atoms with Crippen molar-refractivity contribution < 1.29 is 19.6 Å². The van der Waals surface area contributed by atoms with Crippen molar-refractivity contribution in [3.63, 3.8) is 0 Å². The van der Waals surface area contributed by atoms with Crippen LogP contribution in [-0.4, -0.2) is 35.3 Å². The summed E-state index contributed by atoms with van der Waals surface area (Å²) < 4.78 is 5.22. The number of carboxylic acid groups (broad SMARTS) is 1. The molecule has 0 spiro atoms. The Morgan fingerprint density at radius 2 is 2.16 bits per heavy atom. The van der Waals surface area contributed by atoms with E-state index in [1.165, 1.54) is 12.1 Å². The van der Waals surface area contributed by atoms with Crippen LogP contribution in [0, 0.1) is 15.5 Å². The van der Waals surface area contributed by atoms with Crippen molar-refractivity contribution in [2.75, 3.05) is 18.5 Å². The van der Waals surface area contributed by atoms with Crippen LogP contribution in [0.1, 0.15) is 6.92 Å². The first kappa shape index (κ1) is 13.3. The van der Waals surface area contributed by atoms with Gasteiger partial charge in [0.25, 0.3) is 5.69 Å². The van der Waals surface area contributed by atoms with Gasteiger partial charge in [0.15, 0.2) is 0 Å². The quantitative estimate of drug-likeness (QED) is 0.632. The van der Waals surface area contributed by atoms with E-state index in [2.05, 4.69) is 5.32 Å². The van der Waals surface area contributed by atoms with Gasteiger partial charge in [-0.1, -0.05) is 0 Å². The van der Waals surface area contributed by atoms with Crippen molar-refractivity contribution in [3.05, 3.63) is 34.4 Å². The van der Waals surface area contributed by atoms with Crippen molar-refractivity contribution in [3.8, 4) is 0 Å². The minimum Gasteiger partial charge on any atom is -0.481 e. The average molecular weight is 266 g/mol. The molecule has 7 nitrogen and oxygen atoms in total. The molecule has 0 saturated carbocycles. The highest BCUT2D eigenvalue weighted by atomic mass is 16.6. The van der Waals surface area contributed by atoms with E-state index in [4.69, 9.17) is 4.74 Å². The second kappa shape index (κ2) is 4.85. The summed E-state index contributed by atoms with van der Waals surface area (Å²) in [6, 6.07) is 5.48. The predicted molar refractivity (Wildman–Crippen MR) is 67.1 cm³/mol. The van der Waals surface area contributed by atoms with Gasteiger partial charge in [-0.25, -0.2) is 0 Å². The normalized spacial score (nSPS) is 26.1. The van der Waals surface area contributed by atoms with Gasteiger partial charge in [0.1, 0.15) is 5.41 Å². The van der Waals surface area contributed by atoms with Gasteiger partial charge in [0.05, 0.1) is 24.2 Å². The fourth-order valence-corrected chi connectivity index (χ4v) is 1.97. The van der Waals surface area contributed by atoms with E-state index in [1.54, 1.807) is 19.1 Å². The fraction of sp³-hybridized carbons (Fsp3) is 0.417. The third kappa shape index (κ3) is 2.50. The first-order valence-electron chi connectivity index (χ1n) is 5.75. The zero-order valence-electron chi connectivity index (χ0n) is 10.3. The maximum atomic E-state index is 11.3. The van der Waals surface area contributed by atoms with Crippen LogP contribution in [0.5, 0.6) is 0 Å². The Hall–Kier alpha value is -2.15. The van der Waals surface area contributed by atoms with Crippen LogP contribution in [0.25, 0.3) is 0 Å². The number of carboxylic acids is 1. The molecule has 1 aliphatic rings. The van der Waals surface area contributed by atoms with Crippen molar-refractivity contribution in [1.82, 2.24) is 0 Å². The van der Waals surface area contributed by atoms with E-state index in [1.807, 2.05) is 0 Å². The molecule has 1 saturated heterocycles. The molecule has 2 unspecified atom stereocenters. The number of carbonyl (C=O) groups is 1. The van der Waals surface area contributed by atoms with Gasteiger partial charge >= 0.3 is 5.97 Å². The number of hydrogen-bond donors (Lipinski definition) is 2. The molecule has 2 atom stereocenters. The number of nitrogens with one attached hydrogen (secondary N) is 1. The molecule has 19 heavy (non-hydrogen) atoms. The second-order valence-corrected chi connectivity index (χ2v) is 4.74. The lowest BCUT2D eigenvalue weighted by Crippen LogP contribution is -2.43. The monoisotopic (exact) mass is 266 g/mol. The SMILES string of the molecule is CC1(C(=O)O)COCC1Nc1ccc([N+](=O)[O-])cc1. The lowest BCUT2D eigenvalue weighted by molar-refractivity contribution is -0.384. The maximum absolute atomic E-state index is 11.3. The van der Waals surface area contributed by atoms with Crippen LogP contribution in [-0.2, 0) is 9.53 Å². The maximum Gasteiger partial charge on any atom is 0.313 e. The zero-order chi connectivity index (χ0) is 14.0. The predicted octanol–water partition coefficient (Wildman–Crippen LogP) is 1.50. The van der Waals surface area contributed by atoms with Crippen LogP contribution in [0.2, 0.25) is 0 Å². The number of benzene rings is 1. The molecule has 1 aromatic rings. The summed E-state index contributed by atoms with van der Waals surface area (Å²) in [7, 11) is 0. The van der Waals surface area contributed by atoms with Crippen LogP contribution >= 0.6 is 0 Å².